The van der Waals surface area contributed by atoms with Gasteiger partial charge in [0.2, 0.25) is 0 Å². The molecule has 7 nitrogen and oxygen atoms in total. The van der Waals surface area contributed by atoms with Crippen LogP contribution in [-0.2, 0) is 16.9 Å². The van der Waals surface area contributed by atoms with Crippen LogP contribution in [0, 0.1) is 0 Å². The first kappa shape index (κ1) is 16.5. The van der Waals surface area contributed by atoms with Gasteiger partial charge in [0.15, 0.2) is 0 Å². The van der Waals surface area contributed by atoms with Crippen molar-refractivity contribution in [2.75, 3.05) is 13.1 Å². The fourth-order valence-corrected chi connectivity index (χ4v) is 3.65. The average Bonchev–Trinajstić information content (AvgIpc) is 3.37. The summed E-state index contributed by atoms with van der Waals surface area (Å²) in [4.78, 5) is 18.3. The molecule has 134 valence electrons. The van der Waals surface area contributed by atoms with Crippen LogP contribution in [0.5, 0.6) is 0 Å². The van der Waals surface area contributed by atoms with Crippen molar-refractivity contribution in [1.82, 2.24) is 24.2 Å². The van der Waals surface area contributed by atoms with E-state index in [-0.39, 0.29) is 0 Å². The summed E-state index contributed by atoms with van der Waals surface area (Å²) in [6.07, 6.45) is 9.81. The summed E-state index contributed by atoms with van der Waals surface area (Å²) >= 11 is 0. The van der Waals surface area contributed by atoms with E-state index in [4.69, 9.17) is 0 Å². The van der Waals surface area contributed by atoms with Gasteiger partial charge in [-0.05, 0) is 36.6 Å². The molecule has 1 aromatic carbocycles. The van der Waals surface area contributed by atoms with Crippen molar-refractivity contribution >= 4 is 5.97 Å². The molecule has 4 rings (SSSR count). The number of aromatic nitrogens is 4. The molecule has 0 atom stereocenters. The first-order valence-electron chi connectivity index (χ1n) is 8.70. The van der Waals surface area contributed by atoms with E-state index in [1.807, 2.05) is 29.1 Å². The normalized spacial score (nSPS) is 17.2. The minimum atomic E-state index is -0.885. The van der Waals surface area contributed by atoms with E-state index in [1.54, 1.807) is 29.5 Å². The number of likely N-dealkylation sites (tertiary alicyclic amines) is 1. The van der Waals surface area contributed by atoms with Crippen LogP contribution in [0.1, 0.15) is 18.4 Å². The third kappa shape index (κ3) is 3.01. The van der Waals surface area contributed by atoms with E-state index in [0.29, 0.717) is 12.8 Å². The van der Waals surface area contributed by atoms with Gasteiger partial charge in [-0.1, -0.05) is 12.1 Å². The molecule has 3 heterocycles. The smallest absolute Gasteiger partial charge is 0.330 e. The maximum absolute atomic E-state index is 11.9. The van der Waals surface area contributed by atoms with Crippen LogP contribution in [0.4, 0.5) is 0 Å². The Morgan fingerprint density at radius 3 is 2.65 bits per heavy atom. The zero-order valence-corrected chi connectivity index (χ0v) is 14.4. The topological polar surface area (TPSA) is 76.2 Å². The fourth-order valence-electron chi connectivity index (χ4n) is 3.65. The minimum Gasteiger partial charge on any atom is -0.479 e. The van der Waals surface area contributed by atoms with Gasteiger partial charge in [-0.2, -0.15) is 5.10 Å². The number of imidazole rings is 1. The number of rotatable bonds is 5. The van der Waals surface area contributed by atoms with Crippen molar-refractivity contribution in [1.29, 1.82) is 0 Å². The predicted molar refractivity (Wildman–Crippen MR) is 95.9 cm³/mol. The number of carboxylic acid groups (broad SMARTS) is 1. The van der Waals surface area contributed by atoms with Crippen LogP contribution in [0.3, 0.4) is 0 Å². The zero-order chi connectivity index (χ0) is 18.0. The summed E-state index contributed by atoms with van der Waals surface area (Å²) in [5, 5.41) is 14.1. The van der Waals surface area contributed by atoms with Gasteiger partial charge in [-0.25, -0.2) is 14.5 Å². The molecule has 7 heteroatoms. The van der Waals surface area contributed by atoms with Crippen LogP contribution in [-0.4, -0.2) is 48.4 Å². The highest BCUT2D eigenvalue weighted by atomic mass is 16.4. The number of hydrogen-bond donors (Lipinski definition) is 1. The molecule has 26 heavy (non-hydrogen) atoms. The quantitative estimate of drug-likeness (QED) is 0.762. The number of hydrogen-bond acceptors (Lipinski definition) is 4. The molecule has 0 amide bonds. The summed E-state index contributed by atoms with van der Waals surface area (Å²) in [6.45, 7) is 2.27. The molecule has 0 spiro atoms. The van der Waals surface area contributed by atoms with Crippen molar-refractivity contribution in [3.05, 3.63) is 67.0 Å². The lowest BCUT2D eigenvalue weighted by atomic mass is 9.87. The molecule has 1 saturated heterocycles. The molecule has 1 aliphatic rings. The van der Waals surface area contributed by atoms with Crippen molar-refractivity contribution in [2.45, 2.75) is 24.9 Å². The molecule has 0 radical (unpaired) electrons. The number of carboxylic acids is 1. The van der Waals surface area contributed by atoms with Gasteiger partial charge in [0.05, 0.1) is 12.0 Å². The standard InChI is InChI=1S/C19H21N5O2/c25-18(26)19(23-12-8-20-15-23)5-10-22(11-6-19)14-16-3-1-4-17(13-16)24-9-2-7-21-24/h1-4,7-9,12-13,15H,5-6,10-11,14H2,(H,25,26). The Kier molecular flexibility index (Phi) is 4.30. The Balaban J connectivity index is 1.46. The number of nitrogens with zero attached hydrogens (tertiary/aromatic N) is 5. The molecule has 1 fully saturated rings. The van der Waals surface area contributed by atoms with E-state index in [0.717, 1.165) is 25.3 Å². The Labute approximate surface area is 151 Å². The predicted octanol–water partition coefficient (Wildman–Crippen LogP) is 2.14. The summed E-state index contributed by atoms with van der Waals surface area (Å²) in [5.74, 6) is -0.782. The summed E-state index contributed by atoms with van der Waals surface area (Å²) in [7, 11) is 0. The van der Waals surface area contributed by atoms with Gasteiger partial charge in [-0.3, -0.25) is 4.90 Å². The molecule has 3 aromatic rings. The van der Waals surface area contributed by atoms with Crippen LogP contribution in [0.2, 0.25) is 0 Å². The van der Waals surface area contributed by atoms with Gasteiger partial charge in [0.25, 0.3) is 0 Å². The van der Waals surface area contributed by atoms with Gasteiger partial charge < -0.3 is 9.67 Å². The van der Waals surface area contributed by atoms with Crippen LogP contribution < -0.4 is 0 Å². The van der Waals surface area contributed by atoms with Crippen LogP contribution >= 0.6 is 0 Å². The Bertz CT molecular complexity index is 865. The first-order valence-corrected chi connectivity index (χ1v) is 8.70. The van der Waals surface area contributed by atoms with E-state index in [2.05, 4.69) is 27.1 Å². The molecular weight excluding hydrogens is 330 g/mol. The second-order valence-electron chi connectivity index (χ2n) is 6.70. The Hall–Kier alpha value is -2.93. The fraction of sp³-hybridized carbons (Fsp3) is 0.316. The monoisotopic (exact) mass is 351 g/mol. The molecule has 0 saturated carbocycles. The SMILES string of the molecule is O=C(O)C1(n2ccnc2)CCN(Cc2cccc(-n3cccn3)c2)CC1. The largest absolute Gasteiger partial charge is 0.479 e. The minimum absolute atomic E-state index is 0.567. The Morgan fingerprint density at radius 1 is 1.15 bits per heavy atom. The van der Waals surface area contributed by atoms with Crippen molar-refractivity contribution in [2.24, 2.45) is 0 Å². The van der Waals surface area contributed by atoms with E-state index in [9.17, 15) is 9.90 Å². The van der Waals surface area contributed by atoms with Crippen molar-refractivity contribution < 1.29 is 9.90 Å². The van der Waals surface area contributed by atoms with Crippen LogP contribution in [0.15, 0.2) is 61.4 Å². The maximum Gasteiger partial charge on any atom is 0.330 e. The molecule has 0 unspecified atom stereocenters. The van der Waals surface area contributed by atoms with Crippen molar-refractivity contribution in [3.63, 3.8) is 0 Å². The molecule has 0 bridgehead atoms. The average molecular weight is 351 g/mol. The lowest BCUT2D eigenvalue weighted by Gasteiger charge is -2.39. The number of benzene rings is 1. The number of carbonyl (C=O) groups is 1. The molecule has 1 aliphatic heterocycles. The van der Waals surface area contributed by atoms with Gasteiger partial charge in [-0.15, -0.1) is 0 Å². The second-order valence-corrected chi connectivity index (χ2v) is 6.70. The Morgan fingerprint density at radius 2 is 2.00 bits per heavy atom. The van der Waals surface area contributed by atoms with Gasteiger partial charge >= 0.3 is 5.97 Å². The first-order chi connectivity index (χ1) is 12.7. The number of piperidine rings is 1. The van der Waals surface area contributed by atoms with Gasteiger partial charge in [0.1, 0.15) is 5.54 Å². The highest BCUT2D eigenvalue weighted by molar-refractivity contribution is 5.77. The van der Waals surface area contributed by atoms with Gasteiger partial charge in [0, 0.05) is 44.4 Å². The lowest BCUT2D eigenvalue weighted by molar-refractivity contribution is -0.150. The summed E-state index contributed by atoms with van der Waals surface area (Å²) < 4.78 is 3.58. The van der Waals surface area contributed by atoms with E-state index >= 15 is 0 Å². The molecular formula is C19H21N5O2. The highest BCUT2D eigenvalue weighted by Gasteiger charge is 2.42. The van der Waals surface area contributed by atoms with Crippen molar-refractivity contribution in [3.8, 4) is 5.69 Å². The zero-order valence-electron chi connectivity index (χ0n) is 14.4. The molecule has 0 aliphatic carbocycles. The number of aliphatic carboxylic acids is 1. The highest BCUT2D eigenvalue weighted by Crippen LogP contribution is 2.31. The lowest BCUT2D eigenvalue weighted by Crippen LogP contribution is -2.50. The maximum atomic E-state index is 11.9. The van der Waals surface area contributed by atoms with E-state index in [1.165, 1.54) is 5.56 Å². The third-order valence-electron chi connectivity index (χ3n) is 5.17. The van der Waals surface area contributed by atoms with E-state index < -0.39 is 11.5 Å². The third-order valence-corrected chi connectivity index (χ3v) is 5.17. The molecule has 2 aromatic heterocycles. The summed E-state index contributed by atoms with van der Waals surface area (Å²) in [5.41, 5.74) is 1.34. The van der Waals surface area contributed by atoms with Crippen LogP contribution in [0.25, 0.3) is 5.69 Å². The second kappa shape index (κ2) is 6.76. The molecule has 1 N–H and O–H groups in total. The summed E-state index contributed by atoms with van der Waals surface area (Å²) in [6, 6.07) is 10.2.